The Morgan fingerprint density at radius 2 is 1.73 bits per heavy atom. The van der Waals surface area contributed by atoms with Crippen LogP contribution in [0.1, 0.15) is 29.7 Å². The second-order valence-corrected chi connectivity index (χ2v) is 9.02. The van der Waals surface area contributed by atoms with Gasteiger partial charge in [0.15, 0.2) is 5.82 Å². The summed E-state index contributed by atoms with van der Waals surface area (Å²) in [5.41, 5.74) is 2.43. The second-order valence-electron chi connectivity index (χ2n) is 9.02. The van der Waals surface area contributed by atoms with Crippen LogP contribution in [0.15, 0.2) is 64.2 Å². The van der Waals surface area contributed by atoms with Crippen molar-refractivity contribution in [3.8, 4) is 0 Å². The number of carbonyl (C=O) groups excluding carboxylic acids is 2. The molecule has 4 rings (SSSR count). The fourth-order valence-corrected chi connectivity index (χ4v) is 4.12. The molecule has 2 aromatic carbocycles. The van der Waals surface area contributed by atoms with Crippen LogP contribution in [-0.4, -0.2) is 37.7 Å². The zero-order valence-electron chi connectivity index (χ0n) is 20.9. The molecule has 0 spiro atoms. The van der Waals surface area contributed by atoms with Gasteiger partial charge in [-0.25, -0.2) is 4.79 Å². The zero-order valence-corrected chi connectivity index (χ0v) is 20.9. The van der Waals surface area contributed by atoms with E-state index < -0.39 is 17.2 Å². The molecule has 0 bridgehead atoms. The number of para-hydroxylation sites is 1. The Bertz CT molecular complexity index is 1530. The van der Waals surface area contributed by atoms with Gasteiger partial charge in [-0.2, -0.15) is 5.10 Å². The van der Waals surface area contributed by atoms with E-state index in [0.29, 0.717) is 29.7 Å². The Balaban J connectivity index is 1.42. The number of aromatic amines is 1. The molecule has 0 aliphatic carbocycles. The molecule has 2 heterocycles. The number of nitrogens with one attached hydrogen (secondary N) is 3. The lowest BCUT2D eigenvalue weighted by molar-refractivity contribution is -0.121. The maximum absolute atomic E-state index is 13.2. The van der Waals surface area contributed by atoms with Gasteiger partial charge in [0.05, 0.1) is 10.9 Å². The molecular weight excluding hydrogens is 472 g/mol. The quantitative estimate of drug-likeness (QED) is 0.306. The molecule has 192 valence electrons. The average Bonchev–Trinajstić information content (AvgIpc) is 3.29. The lowest BCUT2D eigenvalue weighted by Crippen LogP contribution is -2.42. The first kappa shape index (κ1) is 25.6. The minimum absolute atomic E-state index is 0.0636. The van der Waals surface area contributed by atoms with Crippen LogP contribution in [0.4, 0.5) is 5.82 Å². The third-order valence-corrected chi connectivity index (χ3v) is 6.05. The molecule has 0 unspecified atom stereocenters. The van der Waals surface area contributed by atoms with Crippen molar-refractivity contribution < 1.29 is 9.59 Å². The number of nitrogens with zero attached hydrogens (tertiary/aromatic N) is 3. The third kappa shape index (κ3) is 6.40. The Morgan fingerprint density at radius 1 is 0.973 bits per heavy atom. The summed E-state index contributed by atoms with van der Waals surface area (Å²) in [6, 6.07) is 16.5. The highest BCUT2D eigenvalue weighted by Gasteiger charge is 2.16. The highest BCUT2D eigenvalue weighted by atomic mass is 16.2. The van der Waals surface area contributed by atoms with E-state index in [-0.39, 0.29) is 25.4 Å². The zero-order chi connectivity index (χ0) is 26.4. The molecule has 4 aromatic rings. The van der Waals surface area contributed by atoms with Crippen molar-refractivity contribution in [1.29, 1.82) is 0 Å². The van der Waals surface area contributed by atoms with E-state index in [0.717, 1.165) is 22.2 Å². The molecule has 3 N–H and O–H groups in total. The number of H-pyrrole nitrogens is 1. The van der Waals surface area contributed by atoms with E-state index in [1.54, 1.807) is 37.3 Å². The highest BCUT2D eigenvalue weighted by molar-refractivity contribution is 5.90. The third-order valence-electron chi connectivity index (χ3n) is 6.05. The molecule has 0 atom stereocenters. The van der Waals surface area contributed by atoms with Gasteiger partial charge in [-0.1, -0.05) is 42.0 Å². The standard InChI is InChI=1S/C27H30N6O4/c1-18-9-11-20(12-10-18)13-14-28-24(34)8-5-15-32-26(36)21-6-3-4-7-22(21)33(27(32)37)17-25(35)29-23-16-19(2)30-31-23/h3-4,6-7,9-12,16H,5,8,13-15,17H2,1-2H3,(H,28,34)(H2,29,30,31,35). The molecule has 0 aliphatic rings. The Hall–Kier alpha value is -4.47. The van der Waals surface area contributed by atoms with Gasteiger partial charge in [-0.15, -0.1) is 0 Å². The minimum Gasteiger partial charge on any atom is -0.356 e. The van der Waals surface area contributed by atoms with Crippen molar-refractivity contribution in [2.75, 3.05) is 11.9 Å². The largest absolute Gasteiger partial charge is 0.356 e. The Kier molecular flexibility index (Phi) is 7.97. The fraction of sp³-hybridized carbons (Fsp3) is 0.296. The number of hydrogen-bond acceptors (Lipinski definition) is 5. The summed E-state index contributed by atoms with van der Waals surface area (Å²) < 4.78 is 2.36. The summed E-state index contributed by atoms with van der Waals surface area (Å²) in [7, 11) is 0. The average molecular weight is 503 g/mol. The van der Waals surface area contributed by atoms with Gasteiger partial charge in [-0.3, -0.25) is 28.6 Å². The van der Waals surface area contributed by atoms with E-state index in [2.05, 4.69) is 20.8 Å². The molecule has 0 saturated carbocycles. The lowest BCUT2D eigenvalue weighted by atomic mass is 10.1. The van der Waals surface area contributed by atoms with Crippen LogP contribution >= 0.6 is 0 Å². The van der Waals surface area contributed by atoms with E-state index in [9.17, 15) is 19.2 Å². The van der Waals surface area contributed by atoms with E-state index in [1.165, 1.54) is 10.1 Å². The Morgan fingerprint density at radius 3 is 2.46 bits per heavy atom. The van der Waals surface area contributed by atoms with Crippen LogP contribution in [0.2, 0.25) is 0 Å². The molecule has 0 aliphatic heterocycles. The van der Waals surface area contributed by atoms with Crippen molar-refractivity contribution in [3.63, 3.8) is 0 Å². The predicted molar refractivity (Wildman–Crippen MR) is 142 cm³/mol. The molecule has 0 saturated heterocycles. The maximum atomic E-state index is 13.2. The molecule has 0 fully saturated rings. The summed E-state index contributed by atoms with van der Waals surface area (Å²) >= 11 is 0. The first-order valence-corrected chi connectivity index (χ1v) is 12.2. The fourth-order valence-electron chi connectivity index (χ4n) is 4.12. The number of rotatable bonds is 10. The number of anilines is 1. The number of aryl methyl sites for hydroxylation is 2. The van der Waals surface area contributed by atoms with Crippen molar-refractivity contribution >= 4 is 28.5 Å². The van der Waals surface area contributed by atoms with Gasteiger partial charge in [0.25, 0.3) is 5.56 Å². The van der Waals surface area contributed by atoms with Gasteiger partial charge < -0.3 is 10.6 Å². The number of fused-ring (bicyclic) bond motifs is 1. The SMILES string of the molecule is Cc1ccc(CCNC(=O)CCCn2c(=O)c3ccccc3n(CC(=O)Nc3cc(C)[nH]n3)c2=O)cc1. The maximum Gasteiger partial charge on any atom is 0.331 e. The molecular formula is C27H30N6O4. The second kappa shape index (κ2) is 11.5. The van der Waals surface area contributed by atoms with E-state index in [1.807, 2.05) is 31.2 Å². The molecule has 2 aromatic heterocycles. The topological polar surface area (TPSA) is 131 Å². The summed E-state index contributed by atoms with van der Waals surface area (Å²) in [6.07, 6.45) is 1.20. The van der Waals surface area contributed by atoms with Gasteiger partial charge in [-0.05, 0) is 44.4 Å². The first-order valence-electron chi connectivity index (χ1n) is 12.2. The van der Waals surface area contributed by atoms with E-state index >= 15 is 0 Å². The van der Waals surface area contributed by atoms with Crippen molar-refractivity contribution in [3.05, 3.63) is 92.3 Å². The predicted octanol–water partition coefficient (Wildman–Crippen LogP) is 2.28. The van der Waals surface area contributed by atoms with Gasteiger partial charge in [0.1, 0.15) is 6.54 Å². The number of benzene rings is 2. The van der Waals surface area contributed by atoms with Gasteiger partial charge in [0.2, 0.25) is 11.8 Å². The van der Waals surface area contributed by atoms with Crippen molar-refractivity contribution in [1.82, 2.24) is 24.6 Å². The number of amides is 2. The summed E-state index contributed by atoms with van der Waals surface area (Å²) in [6.45, 7) is 4.12. The van der Waals surface area contributed by atoms with Gasteiger partial charge >= 0.3 is 5.69 Å². The molecule has 10 nitrogen and oxygen atoms in total. The van der Waals surface area contributed by atoms with Crippen LogP contribution in [0.3, 0.4) is 0 Å². The normalized spacial score (nSPS) is 11.0. The smallest absolute Gasteiger partial charge is 0.331 e. The van der Waals surface area contributed by atoms with Crippen LogP contribution in [0.25, 0.3) is 10.9 Å². The van der Waals surface area contributed by atoms with Crippen LogP contribution in [0.5, 0.6) is 0 Å². The van der Waals surface area contributed by atoms with Crippen molar-refractivity contribution in [2.45, 2.75) is 46.2 Å². The molecule has 10 heteroatoms. The molecule has 0 radical (unpaired) electrons. The number of aromatic nitrogens is 4. The highest BCUT2D eigenvalue weighted by Crippen LogP contribution is 2.09. The lowest BCUT2D eigenvalue weighted by Gasteiger charge is -2.14. The summed E-state index contributed by atoms with van der Waals surface area (Å²) in [4.78, 5) is 51.2. The number of hydrogen-bond donors (Lipinski definition) is 3. The van der Waals surface area contributed by atoms with Crippen LogP contribution in [-0.2, 0) is 29.1 Å². The minimum atomic E-state index is -0.600. The van der Waals surface area contributed by atoms with Crippen LogP contribution in [0, 0.1) is 13.8 Å². The number of carbonyl (C=O) groups is 2. The van der Waals surface area contributed by atoms with Gasteiger partial charge in [0, 0.05) is 31.3 Å². The molecule has 37 heavy (non-hydrogen) atoms. The Labute approximate surface area is 213 Å². The first-order chi connectivity index (χ1) is 17.8. The molecule has 2 amide bonds. The van der Waals surface area contributed by atoms with Crippen molar-refractivity contribution in [2.24, 2.45) is 0 Å². The van der Waals surface area contributed by atoms with E-state index in [4.69, 9.17) is 0 Å². The summed E-state index contributed by atoms with van der Waals surface area (Å²) in [5.74, 6) is -0.242. The van der Waals surface area contributed by atoms with Crippen LogP contribution < -0.4 is 21.9 Å². The monoisotopic (exact) mass is 502 g/mol. The summed E-state index contributed by atoms with van der Waals surface area (Å²) in [5, 5.41) is 12.6.